The number of amides is 1. The number of hydrogen-bond donors (Lipinski definition) is 3. The van der Waals surface area contributed by atoms with Gasteiger partial charge >= 0.3 is 0 Å². The van der Waals surface area contributed by atoms with Crippen LogP contribution >= 0.6 is 0 Å². The van der Waals surface area contributed by atoms with Crippen LogP contribution in [0.1, 0.15) is 20.8 Å². The summed E-state index contributed by atoms with van der Waals surface area (Å²) in [4.78, 5) is 11.6. The summed E-state index contributed by atoms with van der Waals surface area (Å²) < 4.78 is 26.0. The Morgan fingerprint density at radius 3 is 2.47 bits per heavy atom. The molecule has 6 nitrogen and oxygen atoms in total. The summed E-state index contributed by atoms with van der Waals surface area (Å²) in [7, 11) is -3.72. The fourth-order valence-corrected chi connectivity index (χ4v) is 2.42. The van der Waals surface area contributed by atoms with Crippen molar-refractivity contribution in [1.82, 2.24) is 10.0 Å². The predicted octanol–water partition coefficient (Wildman–Crippen LogP) is 0.462. The number of hydrogen-bond acceptors (Lipinski definition) is 4. The number of benzene rings is 1. The lowest BCUT2D eigenvalue weighted by Crippen LogP contribution is -2.45. The third-order valence-electron chi connectivity index (χ3n) is 2.11. The van der Waals surface area contributed by atoms with Crippen LogP contribution in [0.2, 0.25) is 0 Å². The van der Waals surface area contributed by atoms with Gasteiger partial charge in [-0.2, -0.15) is 0 Å². The lowest BCUT2D eigenvalue weighted by atomic mass is 10.1. The minimum absolute atomic E-state index is 0.0380. The van der Waals surface area contributed by atoms with Crippen LogP contribution in [-0.2, 0) is 14.8 Å². The average molecular weight is 285 g/mol. The molecule has 0 aliphatic rings. The maximum Gasteiger partial charge on any atom is 0.241 e. The lowest BCUT2D eigenvalue weighted by Gasteiger charge is -2.20. The Labute approximate surface area is 113 Å². The zero-order chi connectivity index (χ0) is 14.7. The highest BCUT2D eigenvalue weighted by Crippen LogP contribution is 2.12. The van der Waals surface area contributed by atoms with E-state index in [2.05, 4.69) is 10.0 Å². The van der Waals surface area contributed by atoms with Gasteiger partial charge in [0.15, 0.2) is 0 Å². The van der Waals surface area contributed by atoms with Gasteiger partial charge in [0, 0.05) is 11.2 Å². The summed E-state index contributed by atoms with van der Waals surface area (Å²) in [6.07, 6.45) is 0. The van der Waals surface area contributed by atoms with E-state index in [0.29, 0.717) is 5.69 Å². The highest BCUT2D eigenvalue weighted by atomic mass is 32.2. The predicted molar refractivity (Wildman–Crippen MR) is 73.9 cm³/mol. The summed E-state index contributed by atoms with van der Waals surface area (Å²) in [6, 6.07) is 5.88. The van der Waals surface area contributed by atoms with Crippen LogP contribution < -0.4 is 15.8 Å². The lowest BCUT2D eigenvalue weighted by molar-refractivity contribution is -0.121. The molecular weight excluding hydrogens is 266 g/mol. The van der Waals surface area contributed by atoms with Gasteiger partial charge < -0.3 is 11.1 Å². The number of nitrogen functional groups attached to an aromatic ring is 1. The molecule has 4 N–H and O–H groups in total. The van der Waals surface area contributed by atoms with E-state index in [-0.39, 0.29) is 17.3 Å². The molecular formula is C12H19N3O3S. The SMILES string of the molecule is CC(C)(C)NC(=O)CNS(=O)(=O)c1cccc(N)c1. The molecule has 106 valence electrons. The second-order valence-electron chi connectivity index (χ2n) is 5.20. The standard InChI is InChI=1S/C12H19N3O3S/c1-12(2,3)15-11(16)8-14-19(17,18)10-6-4-5-9(13)7-10/h4-7,14H,8,13H2,1-3H3,(H,15,16). The molecule has 0 fully saturated rings. The van der Waals surface area contributed by atoms with Crippen LogP contribution in [0.15, 0.2) is 29.2 Å². The Morgan fingerprint density at radius 1 is 1.32 bits per heavy atom. The van der Waals surface area contributed by atoms with Crippen LogP contribution in [0, 0.1) is 0 Å². The van der Waals surface area contributed by atoms with E-state index >= 15 is 0 Å². The maximum absolute atomic E-state index is 11.9. The van der Waals surface area contributed by atoms with Gasteiger partial charge in [0.05, 0.1) is 11.4 Å². The van der Waals surface area contributed by atoms with Crippen molar-refractivity contribution >= 4 is 21.6 Å². The molecule has 0 aliphatic heterocycles. The zero-order valence-corrected chi connectivity index (χ0v) is 12.0. The molecule has 0 radical (unpaired) electrons. The van der Waals surface area contributed by atoms with Crippen molar-refractivity contribution in [2.75, 3.05) is 12.3 Å². The number of carbonyl (C=O) groups is 1. The molecule has 0 spiro atoms. The van der Waals surface area contributed by atoms with Gasteiger partial charge in [-0.1, -0.05) is 6.07 Å². The minimum atomic E-state index is -3.72. The van der Waals surface area contributed by atoms with Crippen LogP contribution in [-0.4, -0.2) is 26.4 Å². The van der Waals surface area contributed by atoms with E-state index < -0.39 is 15.6 Å². The van der Waals surface area contributed by atoms with Crippen LogP contribution in [0.4, 0.5) is 5.69 Å². The monoisotopic (exact) mass is 285 g/mol. The largest absolute Gasteiger partial charge is 0.399 e. The smallest absolute Gasteiger partial charge is 0.241 e. The van der Waals surface area contributed by atoms with E-state index in [1.165, 1.54) is 12.1 Å². The van der Waals surface area contributed by atoms with Gasteiger partial charge in [0.2, 0.25) is 15.9 Å². The molecule has 0 unspecified atom stereocenters. The van der Waals surface area contributed by atoms with Gasteiger partial charge in [-0.3, -0.25) is 4.79 Å². The van der Waals surface area contributed by atoms with Gasteiger partial charge in [-0.25, -0.2) is 13.1 Å². The third kappa shape index (κ3) is 5.27. The Balaban J connectivity index is 2.69. The molecule has 0 bridgehead atoms. The van der Waals surface area contributed by atoms with Gasteiger partial charge in [-0.15, -0.1) is 0 Å². The summed E-state index contributed by atoms with van der Waals surface area (Å²) >= 11 is 0. The van der Waals surface area contributed by atoms with Crippen molar-refractivity contribution in [3.8, 4) is 0 Å². The van der Waals surface area contributed by atoms with Crippen molar-refractivity contribution in [2.45, 2.75) is 31.2 Å². The van der Waals surface area contributed by atoms with Crippen molar-refractivity contribution < 1.29 is 13.2 Å². The first-order chi connectivity index (χ1) is 8.60. The normalized spacial score (nSPS) is 12.2. The topological polar surface area (TPSA) is 101 Å². The maximum atomic E-state index is 11.9. The first-order valence-corrected chi connectivity index (χ1v) is 7.25. The molecule has 1 aromatic carbocycles. The first-order valence-electron chi connectivity index (χ1n) is 5.76. The fourth-order valence-electron chi connectivity index (χ4n) is 1.39. The number of sulfonamides is 1. The highest BCUT2D eigenvalue weighted by molar-refractivity contribution is 7.89. The molecule has 0 atom stereocenters. The molecule has 19 heavy (non-hydrogen) atoms. The molecule has 0 heterocycles. The Bertz CT molecular complexity index is 562. The molecule has 0 saturated carbocycles. The minimum Gasteiger partial charge on any atom is -0.399 e. The number of nitrogens with two attached hydrogens (primary N) is 1. The molecule has 7 heteroatoms. The van der Waals surface area contributed by atoms with E-state index in [9.17, 15) is 13.2 Å². The van der Waals surface area contributed by atoms with Gasteiger partial charge in [0.1, 0.15) is 0 Å². The molecule has 0 aromatic heterocycles. The Kier molecular flexibility index (Phi) is 4.54. The van der Waals surface area contributed by atoms with Crippen molar-refractivity contribution in [3.05, 3.63) is 24.3 Å². The van der Waals surface area contributed by atoms with Crippen LogP contribution in [0.25, 0.3) is 0 Å². The average Bonchev–Trinajstić information content (AvgIpc) is 2.24. The summed E-state index contributed by atoms with van der Waals surface area (Å²) in [5.41, 5.74) is 5.47. The van der Waals surface area contributed by atoms with E-state index in [1.807, 2.05) is 20.8 Å². The second kappa shape index (κ2) is 5.58. The number of rotatable bonds is 4. The Morgan fingerprint density at radius 2 is 1.95 bits per heavy atom. The molecule has 1 amide bonds. The van der Waals surface area contributed by atoms with Crippen molar-refractivity contribution in [2.24, 2.45) is 0 Å². The number of nitrogens with one attached hydrogen (secondary N) is 2. The first kappa shape index (κ1) is 15.5. The van der Waals surface area contributed by atoms with Crippen LogP contribution in [0.5, 0.6) is 0 Å². The molecule has 1 rings (SSSR count). The highest BCUT2D eigenvalue weighted by Gasteiger charge is 2.18. The van der Waals surface area contributed by atoms with Crippen LogP contribution in [0.3, 0.4) is 0 Å². The molecule has 1 aromatic rings. The van der Waals surface area contributed by atoms with E-state index in [1.54, 1.807) is 12.1 Å². The Hall–Kier alpha value is -1.60. The van der Waals surface area contributed by atoms with Crippen molar-refractivity contribution in [3.63, 3.8) is 0 Å². The fraction of sp³-hybridized carbons (Fsp3) is 0.417. The number of carbonyl (C=O) groups excluding carboxylic acids is 1. The summed E-state index contributed by atoms with van der Waals surface area (Å²) in [5, 5.41) is 2.66. The van der Waals surface area contributed by atoms with Gasteiger partial charge in [-0.05, 0) is 39.0 Å². The zero-order valence-electron chi connectivity index (χ0n) is 11.2. The van der Waals surface area contributed by atoms with E-state index in [4.69, 9.17) is 5.73 Å². The molecule has 0 saturated heterocycles. The van der Waals surface area contributed by atoms with Gasteiger partial charge in [0.25, 0.3) is 0 Å². The third-order valence-corrected chi connectivity index (χ3v) is 3.50. The molecule has 0 aliphatic carbocycles. The van der Waals surface area contributed by atoms with E-state index in [0.717, 1.165) is 0 Å². The number of anilines is 1. The second-order valence-corrected chi connectivity index (χ2v) is 6.96. The van der Waals surface area contributed by atoms with Crippen molar-refractivity contribution in [1.29, 1.82) is 0 Å². The quantitative estimate of drug-likeness (QED) is 0.700. The summed E-state index contributed by atoms with van der Waals surface area (Å²) in [5.74, 6) is -0.389. The summed E-state index contributed by atoms with van der Waals surface area (Å²) in [6.45, 7) is 5.14.